The van der Waals surface area contributed by atoms with Gasteiger partial charge in [0.05, 0.1) is 5.60 Å². The summed E-state index contributed by atoms with van der Waals surface area (Å²) in [6, 6.07) is -1.35. The zero-order valence-corrected chi connectivity index (χ0v) is 12.4. The minimum Gasteiger partial charge on any atom is -0.480 e. The minimum atomic E-state index is -1.02. The van der Waals surface area contributed by atoms with Crippen LogP contribution in [0.25, 0.3) is 0 Å². The number of nitrogens with one attached hydrogen (secondary N) is 2. The van der Waals surface area contributed by atoms with Crippen LogP contribution in [0.3, 0.4) is 0 Å². The van der Waals surface area contributed by atoms with E-state index in [1.807, 2.05) is 34.6 Å². The number of urea groups is 1. The molecule has 0 heterocycles. The van der Waals surface area contributed by atoms with Gasteiger partial charge in [0.25, 0.3) is 0 Å². The van der Waals surface area contributed by atoms with E-state index >= 15 is 0 Å². The number of carboxylic acids is 1. The molecule has 0 aliphatic rings. The molecule has 0 aromatic rings. The van der Waals surface area contributed by atoms with Crippen molar-refractivity contribution in [3.8, 4) is 0 Å². The summed E-state index contributed by atoms with van der Waals surface area (Å²) in [6.45, 7) is 10.3. The van der Waals surface area contributed by atoms with E-state index < -0.39 is 23.6 Å². The van der Waals surface area contributed by atoms with Gasteiger partial charge in [-0.1, -0.05) is 13.8 Å². The lowest BCUT2D eigenvalue weighted by Crippen LogP contribution is -2.50. The number of hydrogen-bond acceptors (Lipinski definition) is 3. The number of amides is 2. The summed E-state index contributed by atoms with van der Waals surface area (Å²) in [7, 11) is 0. The van der Waals surface area contributed by atoms with Gasteiger partial charge in [-0.25, -0.2) is 9.59 Å². The van der Waals surface area contributed by atoms with Gasteiger partial charge in [0.15, 0.2) is 0 Å². The van der Waals surface area contributed by atoms with Crippen molar-refractivity contribution < 1.29 is 19.4 Å². The Kier molecular flexibility index (Phi) is 7.44. The summed E-state index contributed by atoms with van der Waals surface area (Å²) < 4.78 is 5.44. The molecule has 0 aromatic heterocycles. The fourth-order valence-electron chi connectivity index (χ4n) is 1.64. The van der Waals surface area contributed by atoms with E-state index in [4.69, 9.17) is 9.84 Å². The van der Waals surface area contributed by atoms with Crippen LogP contribution >= 0.6 is 0 Å². The summed E-state index contributed by atoms with van der Waals surface area (Å²) in [5.74, 6) is -0.825. The average molecular weight is 274 g/mol. The third-order valence-corrected chi connectivity index (χ3v) is 2.52. The van der Waals surface area contributed by atoms with Crippen molar-refractivity contribution in [2.75, 3.05) is 13.2 Å². The highest BCUT2D eigenvalue weighted by atomic mass is 16.5. The van der Waals surface area contributed by atoms with Crippen LogP contribution in [0.5, 0.6) is 0 Å². The summed E-state index contributed by atoms with van der Waals surface area (Å²) in [4.78, 5) is 22.7. The molecule has 0 unspecified atom stereocenters. The number of carboxylic acid groups (broad SMARTS) is 1. The van der Waals surface area contributed by atoms with Gasteiger partial charge in [0, 0.05) is 13.2 Å². The van der Waals surface area contributed by atoms with Crippen LogP contribution in [0, 0.1) is 5.92 Å². The van der Waals surface area contributed by atoms with E-state index in [0.29, 0.717) is 19.6 Å². The molecule has 6 nitrogen and oxygen atoms in total. The average Bonchev–Trinajstić information content (AvgIpc) is 2.25. The second-order valence-corrected chi connectivity index (χ2v) is 5.54. The lowest BCUT2D eigenvalue weighted by atomic mass is 10.0. The van der Waals surface area contributed by atoms with Crippen molar-refractivity contribution in [2.45, 2.75) is 52.7 Å². The van der Waals surface area contributed by atoms with Crippen LogP contribution in [0.15, 0.2) is 0 Å². The predicted molar refractivity (Wildman–Crippen MR) is 73.1 cm³/mol. The van der Waals surface area contributed by atoms with Gasteiger partial charge in [0.1, 0.15) is 6.04 Å². The smallest absolute Gasteiger partial charge is 0.326 e. The highest BCUT2D eigenvalue weighted by Gasteiger charge is 2.23. The number of rotatable bonds is 8. The molecule has 112 valence electrons. The summed E-state index contributed by atoms with van der Waals surface area (Å²) in [5, 5.41) is 14.1. The second-order valence-electron chi connectivity index (χ2n) is 5.54. The first kappa shape index (κ1) is 17.7. The largest absolute Gasteiger partial charge is 0.480 e. The van der Waals surface area contributed by atoms with Gasteiger partial charge >= 0.3 is 12.0 Å². The first-order chi connectivity index (χ1) is 8.68. The predicted octanol–water partition coefficient (Wildman–Crippen LogP) is 1.60. The standard InChI is InChI=1S/C13H26N2O4/c1-6-19-13(4,5)8-14-12(18)15-10(11(16)17)7-9(2)3/h9-10H,6-8H2,1-5H3,(H,16,17)(H2,14,15,18)/t10-/m1/s1. The molecule has 6 heteroatoms. The number of carbonyl (C=O) groups excluding carboxylic acids is 1. The van der Waals surface area contributed by atoms with E-state index in [0.717, 1.165) is 0 Å². The van der Waals surface area contributed by atoms with Crippen LogP contribution in [0.1, 0.15) is 41.0 Å². The van der Waals surface area contributed by atoms with Gasteiger partial charge in [-0.2, -0.15) is 0 Å². The van der Waals surface area contributed by atoms with Gasteiger partial charge in [-0.15, -0.1) is 0 Å². The van der Waals surface area contributed by atoms with E-state index in [2.05, 4.69) is 10.6 Å². The number of carbonyl (C=O) groups is 2. The monoisotopic (exact) mass is 274 g/mol. The van der Waals surface area contributed by atoms with Gasteiger partial charge < -0.3 is 20.5 Å². The molecular weight excluding hydrogens is 248 g/mol. The first-order valence-electron chi connectivity index (χ1n) is 6.59. The van der Waals surface area contributed by atoms with Crippen LogP contribution in [-0.2, 0) is 9.53 Å². The van der Waals surface area contributed by atoms with E-state index in [-0.39, 0.29) is 5.92 Å². The van der Waals surface area contributed by atoms with Crippen LogP contribution in [-0.4, -0.2) is 41.9 Å². The maximum atomic E-state index is 11.6. The summed E-state index contributed by atoms with van der Waals surface area (Å²) >= 11 is 0. The second kappa shape index (κ2) is 7.99. The lowest BCUT2D eigenvalue weighted by molar-refractivity contribution is -0.139. The molecule has 1 atom stereocenters. The summed E-state index contributed by atoms with van der Waals surface area (Å²) in [5.41, 5.74) is -0.469. The maximum absolute atomic E-state index is 11.6. The third-order valence-electron chi connectivity index (χ3n) is 2.52. The van der Waals surface area contributed by atoms with Crippen molar-refractivity contribution in [1.82, 2.24) is 10.6 Å². The van der Waals surface area contributed by atoms with E-state index in [1.54, 1.807) is 0 Å². The topological polar surface area (TPSA) is 87.7 Å². The Hall–Kier alpha value is -1.30. The number of aliphatic carboxylic acids is 1. The molecule has 0 spiro atoms. The Labute approximate surface area is 114 Å². The van der Waals surface area contributed by atoms with Crippen molar-refractivity contribution in [2.24, 2.45) is 5.92 Å². The molecule has 0 aliphatic carbocycles. The Bertz CT molecular complexity index is 303. The quantitative estimate of drug-likeness (QED) is 0.627. The van der Waals surface area contributed by atoms with Crippen molar-refractivity contribution in [1.29, 1.82) is 0 Å². The van der Waals surface area contributed by atoms with Crippen molar-refractivity contribution in [3.63, 3.8) is 0 Å². The molecule has 2 amide bonds. The Balaban J connectivity index is 4.24. The first-order valence-corrected chi connectivity index (χ1v) is 6.59. The fraction of sp³-hybridized carbons (Fsp3) is 0.846. The Morgan fingerprint density at radius 1 is 1.32 bits per heavy atom. The van der Waals surface area contributed by atoms with Crippen LogP contribution in [0.4, 0.5) is 4.79 Å². The van der Waals surface area contributed by atoms with E-state index in [9.17, 15) is 9.59 Å². The molecule has 0 fully saturated rings. The van der Waals surface area contributed by atoms with E-state index in [1.165, 1.54) is 0 Å². The Morgan fingerprint density at radius 3 is 2.32 bits per heavy atom. The molecule has 0 aromatic carbocycles. The van der Waals surface area contributed by atoms with Gasteiger partial charge in [-0.3, -0.25) is 0 Å². The maximum Gasteiger partial charge on any atom is 0.326 e. The minimum absolute atomic E-state index is 0.196. The molecule has 0 saturated heterocycles. The van der Waals surface area contributed by atoms with Gasteiger partial charge in [0.2, 0.25) is 0 Å². The molecule has 0 saturated carbocycles. The molecule has 0 aliphatic heterocycles. The summed E-state index contributed by atoms with van der Waals surface area (Å²) in [6.07, 6.45) is 0.400. The molecule has 0 radical (unpaired) electrons. The molecule has 0 rings (SSSR count). The number of hydrogen-bond donors (Lipinski definition) is 3. The third kappa shape index (κ3) is 8.42. The van der Waals surface area contributed by atoms with Crippen molar-refractivity contribution in [3.05, 3.63) is 0 Å². The van der Waals surface area contributed by atoms with Crippen LogP contribution in [0.2, 0.25) is 0 Å². The highest BCUT2D eigenvalue weighted by molar-refractivity contribution is 5.82. The molecular formula is C13H26N2O4. The fourth-order valence-corrected chi connectivity index (χ4v) is 1.64. The highest BCUT2D eigenvalue weighted by Crippen LogP contribution is 2.07. The zero-order chi connectivity index (χ0) is 15.1. The Morgan fingerprint density at radius 2 is 1.89 bits per heavy atom. The molecule has 0 bridgehead atoms. The SMILES string of the molecule is CCOC(C)(C)CNC(=O)N[C@H](CC(C)C)C(=O)O. The number of ether oxygens (including phenoxy) is 1. The van der Waals surface area contributed by atoms with Gasteiger partial charge in [-0.05, 0) is 33.1 Å². The van der Waals surface area contributed by atoms with Crippen LogP contribution < -0.4 is 10.6 Å². The zero-order valence-electron chi connectivity index (χ0n) is 12.4. The molecule has 3 N–H and O–H groups in total. The van der Waals surface area contributed by atoms with Crippen molar-refractivity contribution >= 4 is 12.0 Å². The lowest BCUT2D eigenvalue weighted by Gasteiger charge is -2.25. The normalized spacial score (nSPS) is 13.2. The molecule has 19 heavy (non-hydrogen) atoms.